The quantitative estimate of drug-likeness (QED) is 0.798. The summed E-state index contributed by atoms with van der Waals surface area (Å²) in [6.45, 7) is 3.93. The molecule has 0 aromatic heterocycles. The maximum atomic E-state index is 5.38. The van der Waals surface area contributed by atoms with Crippen LogP contribution in [0, 0.1) is 6.92 Å². The van der Waals surface area contributed by atoms with Crippen molar-refractivity contribution in [2.45, 2.75) is 0 Å². The van der Waals surface area contributed by atoms with E-state index < -0.39 is 0 Å². The van der Waals surface area contributed by atoms with E-state index in [1.807, 2.05) is 42.5 Å². The van der Waals surface area contributed by atoms with Crippen LogP contribution in [0.15, 0.2) is 42.5 Å². The Kier molecular flexibility index (Phi) is 3.33. The Morgan fingerprint density at radius 3 is 2.41 bits per heavy atom. The molecule has 2 aromatic rings. The Labute approximate surface area is 102 Å². The van der Waals surface area contributed by atoms with Gasteiger partial charge in [-0.05, 0) is 30.2 Å². The highest BCUT2D eigenvalue weighted by Crippen LogP contribution is 2.33. The van der Waals surface area contributed by atoms with Crippen LogP contribution < -0.4 is 9.47 Å². The Morgan fingerprint density at radius 1 is 0.941 bits per heavy atom. The van der Waals surface area contributed by atoms with Gasteiger partial charge in [0, 0.05) is 11.6 Å². The fraction of sp³-hybridized carbons (Fsp3) is 0.133. The van der Waals surface area contributed by atoms with Crippen LogP contribution in [0.5, 0.6) is 11.5 Å². The summed E-state index contributed by atoms with van der Waals surface area (Å²) in [6.07, 6.45) is 0. The van der Waals surface area contributed by atoms with Crippen LogP contribution in [0.25, 0.3) is 11.1 Å². The summed E-state index contributed by atoms with van der Waals surface area (Å²) >= 11 is 0. The molecule has 0 bridgehead atoms. The molecule has 1 radical (unpaired) electrons. The van der Waals surface area contributed by atoms with Gasteiger partial charge in [-0.3, -0.25) is 0 Å². The maximum Gasteiger partial charge on any atom is 0.130 e. The molecule has 17 heavy (non-hydrogen) atoms. The SMILES string of the molecule is [CH2]c1cccc(-c2ccc(OC)cc2OC)c1. The van der Waals surface area contributed by atoms with Gasteiger partial charge in [0.2, 0.25) is 0 Å². The van der Waals surface area contributed by atoms with E-state index in [-0.39, 0.29) is 0 Å². The largest absolute Gasteiger partial charge is 0.497 e. The van der Waals surface area contributed by atoms with Crippen molar-refractivity contribution in [3.05, 3.63) is 55.0 Å². The van der Waals surface area contributed by atoms with Gasteiger partial charge in [-0.15, -0.1) is 0 Å². The number of hydrogen-bond acceptors (Lipinski definition) is 2. The van der Waals surface area contributed by atoms with Gasteiger partial charge >= 0.3 is 0 Å². The predicted molar refractivity (Wildman–Crippen MR) is 69.4 cm³/mol. The molecule has 2 rings (SSSR count). The zero-order valence-electron chi connectivity index (χ0n) is 10.1. The lowest BCUT2D eigenvalue weighted by atomic mass is 10.0. The van der Waals surface area contributed by atoms with Crippen molar-refractivity contribution < 1.29 is 9.47 Å². The third-order valence-corrected chi connectivity index (χ3v) is 2.65. The van der Waals surface area contributed by atoms with Crippen molar-refractivity contribution in [1.29, 1.82) is 0 Å². The van der Waals surface area contributed by atoms with E-state index in [1.165, 1.54) is 0 Å². The Morgan fingerprint density at radius 2 is 1.76 bits per heavy atom. The molecular weight excluding hydrogens is 212 g/mol. The fourth-order valence-electron chi connectivity index (χ4n) is 1.78. The minimum atomic E-state index is 0.788. The first-order chi connectivity index (χ1) is 8.24. The lowest BCUT2D eigenvalue weighted by Crippen LogP contribution is -1.90. The molecule has 0 amide bonds. The first-order valence-corrected chi connectivity index (χ1v) is 5.39. The first-order valence-electron chi connectivity index (χ1n) is 5.39. The third kappa shape index (κ3) is 2.41. The molecular formula is C15H15O2. The second-order valence-electron chi connectivity index (χ2n) is 3.77. The van der Waals surface area contributed by atoms with Gasteiger partial charge in [-0.25, -0.2) is 0 Å². The number of rotatable bonds is 3. The van der Waals surface area contributed by atoms with E-state index in [9.17, 15) is 0 Å². The summed E-state index contributed by atoms with van der Waals surface area (Å²) in [5, 5.41) is 0. The molecule has 0 saturated carbocycles. The molecule has 0 fully saturated rings. The van der Waals surface area contributed by atoms with Crippen LogP contribution in [-0.2, 0) is 0 Å². The highest BCUT2D eigenvalue weighted by Gasteiger charge is 2.07. The van der Waals surface area contributed by atoms with Crippen LogP contribution in [0.2, 0.25) is 0 Å². The standard InChI is InChI=1S/C15H15O2/c1-11-5-4-6-12(9-11)14-8-7-13(16-2)10-15(14)17-3/h4-10H,1H2,2-3H3. The van der Waals surface area contributed by atoms with Gasteiger partial charge in [0.15, 0.2) is 0 Å². The Bertz CT molecular complexity index is 518. The minimum absolute atomic E-state index is 0.788. The van der Waals surface area contributed by atoms with Crippen molar-refractivity contribution in [3.8, 4) is 22.6 Å². The third-order valence-electron chi connectivity index (χ3n) is 2.65. The van der Waals surface area contributed by atoms with Gasteiger partial charge in [0.05, 0.1) is 14.2 Å². The smallest absolute Gasteiger partial charge is 0.130 e. The molecule has 0 saturated heterocycles. The normalized spacial score (nSPS) is 10.1. The van der Waals surface area contributed by atoms with Gasteiger partial charge in [-0.2, -0.15) is 0 Å². The van der Waals surface area contributed by atoms with Crippen LogP contribution in [0.1, 0.15) is 5.56 Å². The highest BCUT2D eigenvalue weighted by atomic mass is 16.5. The lowest BCUT2D eigenvalue weighted by Gasteiger charge is -2.10. The van der Waals surface area contributed by atoms with Gasteiger partial charge in [-0.1, -0.05) is 24.3 Å². The molecule has 0 aliphatic carbocycles. The molecule has 0 N–H and O–H groups in total. The lowest BCUT2D eigenvalue weighted by molar-refractivity contribution is 0.395. The Balaban J connectivity index is 2.51. The zero-order chi connectivity index (χ0) is 12.3. The number of ether oxygens (including phenoxy) is 2. The van der Waals surface area contributed by atoms with Crippen molar-refractivity contribution in [2.24, 2.45) is 0 Å². The second-order valence-corrected chi connectivity index (χ2v) is 3.77. The molecule has 2 nitrogen and oxygen atoms in total. The average Bonchev–Trinajstić information content (AvgIpc) is 2.38. The van der Waals surface area contributed by atoms with Crippen LogP contribution in [0.4, 0.5) is 0 Å². The molecule has 0 aliphatic rings. The maximum absolute atomic E-state index is 5.38. The molecule has 87 valence electrons. The fourth-order valence-corrected chi connectivity index (χ4v) is 1.78. The highest BCUT2D eigenvalue weighted by molar-refractivity contribution is 5.72. The summed E-state index contributed by atoms with van der Waals surface area (Å²) in [4.78, 5) is 0. The number of benzene rings is 2. The summed E-state index contributed by atoms with van der Waals surface area (Å²) in [5.74, 6) is 1.59. The predicted octanol–water partition coefficient (Wildman–Crippen LogP) is 3.55. The summed E-state index contributed by atoms with van der Waals surface area (Å²) in [5.41, 5.74) is 3.12. The zero-order valence-corrected chi connectivity index (χ0v) is 10.1. The minimum Gasteiger partial charge on any atom is -0.497 e. The molecule has 0 spiro atoms. The molecule has 0 unspecified atom stereocenters. The van der Waals surface area contributed by atoms with Gasteiger partial charge in [0.25, 0.3) is 0 Å². The average molecular weight is 227 g/mol. The van der Waals surface area contributed by atoms with Crippen LogP contribution in [0.3, 0.4) is 0 Å². The van der Waals surface area contributed by atoms with Gasteiger partial charge < -0.3 is 9.47 Å². The van der Waals surface area contributed by atoms with E-state index in [0.717, 1.165) is 28.2 Å². The second kappa shape index (κ2) is 4.91. The summed E-state index contributed by atoms with van der Waals surface area (Å²) in [6, 6.07) is 13.8. The molecule has 0 heterocycles. The van der Waals surface area contributed by atoms with Gasteiger partial charge in [0.1, 0.15) is 11.5 Å². The summed E-state index contributed by atoms with van der Waals surface area (Å²) < 4.78 is 10.6. The van der Waals surface area contributed by atoms with E-state index in [0.29, 0.717) is 0 Å². The first kappa shape index (κ1) is 11.5. The van der Waals surface area contributed by atoms with Crippen molar-refractivity contribution in [1.82, 2.24) is 0 Å². The molecule has 2 heteroatoms. The van der Waals surface area contributed by atoms with E-state index in [2.05, 4.69) is 6.92 Å². The Hall–Kier alpha value is -1.96. The number of methoxy groups -OCH3 is 2. The monoisotopic (exact) mass is 227 g/mol. The van der Waals surface area contributed by atoms with E-state index in [1.54, 1.807) is 14.2 Å². The van der Waals surface area contributed by atoms with Crippen molar-refractivity contribution in [3.63, 3.8) is 0 Å². The molecule has 0 atom stereocenters. The van der Waals surface area contributed by atoms with Crippen LogP contribution >= 0.6 is 0 Å². The number of hydrogen-bond donors (Lipinski definition) is 0. The summed E-state index contributed by atoms with van der Waals surface area (Å²) in [7, 11) is 3.30. The van der Waals surface area contributed by atoms with Crippen LogP contribution in [-0.4, -0.2) is 14.2 Å². The van der Waals surface area contributed by atoms with Crippen molar-refractivity contribution >= 4 is 0 Å². The van der Waals surface area contributed by atoms with Crippen molar-refractivity contribution in [2.75, 3.05) is 14.2 Å². The van der Waals surface area contributed by atoms with E-state index in [4.69, 9.17) is 9.47 Å². The van der Waals surface area contributed by atoms with E-state index >= 15 is 0 Å². The molecule has 0 aliphatic heterocycles. The topological polar surface area (TPSA) is 18.5 Å². The molecule has 2 aromatic carbocycles.